The highest BCUT2D eigenvalue weighted by atomic mass is 16.2. The van der Waals surface area contributed by atoms with Crippen molar-refractivity contribution in [1.82, 2.24) is 9.88 Å². The second-order valence-electron chi connectivity index (χ2n) is 5.09. The molecule has 0 atom stereocenters. The Kier molecular flexibility index (Phi) is 2.82. The smallest absolute Gasteiger partial charge is 0.219 e. The molecule has 2 heterocycles. The van der Waals surface area contributed by atoms with Gasteiger partial charge in [-0.05, 0) is 30.4 Å². The fourth-order valence-corrected chi connectivity index (χ4v) is 2.82. The number of nitrogens with zero attached hydrogens (tertiary/aromatic N) is 1. The van der Waals surface area contributed by atoms with E-state index in [-0.39, 0.29) is 5.91 Å². The predicted octanol–water partition coefficient (Wildman–Crippen LogP) is 2.89. The molecule has 0 unspecified atom stereocenters. The summed E-state index contributed by atoms with van der Waals surface area (Å²) in [5, 5.41) is 1.28. The maximum Gasteiger partial charge on any atom is 0.219 e. The number of para-hydroxylation sites is 1. The minimum atomic E-state index is 0.199. The van der Waals surface area contributed by atoms with Crippen LogP contribution in [0.4, 0.5) is 0 Å². The van der Waals surface area contributed by atoms with Gasteiger partial charge in [0, 0.05) is 37.1 Å². The number of rotatable bonds is 1. The minimum Gasteiger partial charge on any atom is -0.358 e. The first-order chi connectivity index (χ1) is 8.74. The highest BCUT2D eigenvalue weighted by molar-refractivity contribution is 5.80. The molecule has 1 aromatic heterocycles. The highest BCUT2D eigenvalue weighted by Gasteiger charge is 2.22. The Labute approximate surface area is 107 Å². The number of hydrogen-bond donors (Lipinski definition) is 1. The molecule has 2 aromatic rings. The third-order valence-corrected chi connectivity index (χ3v) is 3.93. The predicted molar refractivity (Wildman–Crippen MR) is 72.5 cm³/mol. The summed E-state index contributed by atoms with van der Waals surface area (Å²) in [6, 6.07) is 10.6. The summed E-state index contributed by atoms with van der Waals surface area (Å²) >= 11 is 0. The molecule has 3 nitrogen and oxygen atoms in total. The molecule has 3 rings (SSSR count). The summed E-state index contributed by atoms with van der Waals surface area (Å²) in [7, 11) is 0. The van der Waals surface area contributed by atoms with Crippen LogP contribution in [0.25, 0.3) is 10.9 Å². The van der Waals surface area contributed by atoms with Crippen LogP contribution >= 0.6 is 0 Å². The average molecular weight is 242 g/mol. The molecule has 0 bridgehead atoms. The van der Waals surface area contributed by atoms with Crippen molar-refractivity contribution in [2.45, 2.75) is 25.7 Å². The number of aromatic nitrogens is 1. The van der Waals surface area contributed by atoms with Crippen molar-refractivity contribution in [3.05, 3.63) is 36.0 Å². The zero-order valence-electron chi connectivity index (χ0n) is 10.6. The van der Waals surface area contributed by atoms with Crippen LogP contribution in [-0.4, -0.2) is 28.9 Å². The lowest BCUT2D eigenvalue weighted by Crippen LogP contribution is -2.36. The number of hydrogen-bond acceptors (Lipinski definition) is 1. The summed E-state index contributed by atoms with van der Waals surface area (Å²) in [6.45, 7) is 3.42. The Balaban J connectivity index is 1.78. The highest BCUT2D eigenvalue weighted by Crippen LogP contribution is 2.29. The first-order valence-electron chi connectivity index (χ1n) is 6.57. The van der Waals surface area contributed by atoms with Crippen LogP contribution in [0.1, 0.15) is 31.4 Å². The second-order valence-corrected chi connectivity index (χ2v) is 5.09. The van der Waals surface area contributed by atoms with Crippen molar-refractivity contribution in [1.29, 1.82) is 0 Å². The number of carbonyl (C=O) groups excluding carboxylic acids is 1. The molecule has 1 aliphatic rings. The molecule has 3 heteroatoms. The number of benzene rings is 1. The summed E-state index contributed by atoms with van der Waals surface area (Å²) in [4.78, 5) is 16.8. The van der Waals surface area contributed by atoms with Gasteiger partial charge in [0.2, 0.25) is 5.91 Å². The minimum absolute atomic E-state index is 0.199. The second kappa shape index (κ2) is 4.48. The van der Waals surface area contributed by atoms with E-state index in [1.54, 1.807) is 6.92 Å². The van der Waals surface area contributed by atoms with E-state index in [1.807, 2.05) is 4.90 Å². The van der Waals surface area contributed by atoms with E-state index in [9.17, 15) is 4.79 Å². The van der Waals surface area contributed by atoms with Gasteiger partial charge in [-0.25, -0.2) is 0 Å². The maximum absolute atomic E-state index is 11.3. The lowest BCUT2D eigenvalue weighted by molar-refractivity contribution is -0.129. The van der Waals surface area contributed by atoms with Gasteiger partial charge >= 0.3 is 0 Å². The van der Waals surface area contributed by atoms with Gasteiger partial charge in [-0.3, -0.25) is 4.79 Å². The molecular weight excluding hydrogens is 224 g/mol. The van der Waals surface area contributed by atoms with E-state index in [1.165, 1.54) is 16.6 Å². The number of piperidine rings is 1. The number of nitrogens with one attached hydrogen (secondary N) is 1. The molecular formula is C15H18N2O. The zero-order chi connectivity index (χ0) is 12.5. The van der Waals surface area contributed by atoms with Crippen molar-refractivity contribution >= 4 is 16.8 Å². The van der Waals surface area contributed by atoms with Crippen LogP contribution in [0, 0.1) is 0 Å². The van der Waals surface area contributed by atoms with E-state index >= 15 is 0 Å². The first-order valence-corrected chi connectivity index (χ1v) is 6.57. The van der Waals surface area contributed by atoms with Gasteiger partial charge in [0.1, 0.15) is 0 Å². The standard InChI is InChI=1S/C15H18N2O/c1-11(18)17-8-6-12(7-9-17)15-10-13-4-2-3-5-14(13)16-15/h2-5,10,12,16H,6-9H2,1H3. The summed E-state index contributed by atoms with van der Waals surface area (Å²) in [6.07, 6.45) is 2.12. The maximum atomic E-state index is 11.3. The van der Waals surface area contributed by atoms with Crippen molar-refractivity contribution in [3.8, 4) is 0 Å². The van der Waals surface area contributed by atoms with Crippen LogP contribution in [0.5, 0.6) is 0 Å². The Bertz CT molecular complexity index is 532. The van der Waals surface area contributed by atoms with E-state index in [2.05, 4.69) is 35.3 Å². The molecule has 1 N–H and O–H groups in total. The Hall–Kier alpha value is -1.77. The fourth-order valence-electron chi connectivity index (χ4n) is 2.82. The Morgan fingerprint density at radius 1 is 1.28 bits per heavy atom. The lowest BCUT2D eigenvalue weighted by atomic mass is 9.93. The molecule has 1 aromatic carbocycles. The molecule has 0 radical (unpaired) electrons. The van der Waals surface area contributed by atoms with Crippen molar-refractivity contribution in [2.75, 3.05) is 13.1 Å². The molecule has 0 aliphatic carbocycles. The van der Waals surface area contributed by atoms with E-state index in [0.717, 1.165) is 25.9 Å². The van der Waals surface area contributed by atoms with Crippen LogP contribution in [0.2, 0.25) is 0 Å². The first kappa shape index (κ1) is 11.3. The van der Waals surface area contributed by atoms with Gasteiger partial charge in [-0.1, -0.05) is 18.2 Å². The molecule has 1 fully saturated rings. The third-order valence-electron chi connectivity index (χ3n) is 3.93. The van der Waals surface area contributed by atoms with Gasteiger partial charge in [0.05, 0.1) is 0 Å². The van der Waals surface area contributed by atoms with E-state index in [4.69, 9.17) is 0 Å². The summed E-state index contributed by atoms with van der Waals surface area (Å²) in [5.74, 6) is 0.762. The Morgan fingerprint density at radius 3 is 2.67 bits per heavy atom. The molecule has 1 aliphatic heterocycles. The topological polar surface area (TPSA) is 36.1 Å². The molecule has 94 valence electrons. The summed E-state index contributed by atoms with van der Waals surface area (Å²) < 4.78 is 0. The normalized spacial score (nSPS) is 17.3. The molecule has 0 saturated carbocycles. The third kappa shape index (κ3) is 2.01. The fraction of sp³-hybridized carbons (Fsp3) is 0.400. The van der Waals surface area contributed by atoms with Crippen LogP contribution in [0.15, 0.2) is 30.3 Å². The van der Waals surface area contributed by atoms with Crippen molar-refractivity contribution < 1.29 is 4.79 Å². The van der Waals surface area contributed by atoms with E-state index in [0.29, 0.717) is 5.92 Å². The van der Waals surface area contributed by atoms with Gasteiger partial charge in [0.15, 0.2) is 0 Å². The summed E-state index contributed by atoms with van der Waals surface area (Å²) in [5.41, 5.74) is 2.53. The molecule has 1 amide bonds. The van der Waals surface area contributed by atoms with Crippen molar-refractivity contribution in [2.24, 2.45) is 0 Å². The molecule has 1 saturated heterocycles. The monoisotopic (exact) mass is 242 g/mol. The van der Waals surface area contributed by atoms with Crippen LogP contribution in [0.3, 0.4) is 0 Å². The van der Waals surface area contributed by atoms with Gasteiger partial charge < -0.3 is 9.88 Å². The largest absolute Gasteiger partial charge is 0.358 e. The Morgan fingerprint density at radius 2 is 2.00 bits per heavy atom. The van der Waals surface area contributed by atoms with Crippen molar-refractivity contribution in [3.63, 3.8) is 0 Å². The van der Waals surface area contributed by atoms with E-state index < -0.39 is 0 Å². The number of fused-ring (bicyclic) bond motifs is 1. The number of H-pyrrole nitrogens is 1. The molecule has 18 heavy (non-hydrogen) atoms. The molecule has 0 spiro atoms. The van der Waals surface area contributed by atoms with Crippen LogP contribution in [-0.2, 0) is 4.79 Å². The average Bonchev–Trinajstić information content (AvgIpc) is 2.82. The van der Waals surface area contributed by atoms with Gasteiger partial charge in [-0.2, -0.15) is 0 Å². The van der Waals surface area contributed by atoms with Crippen LogP contribution < -0.4 is 0 Å². The number of aromatic amines is 1. The lowest BCUT2D eigenvalue weighted by Gasteiger charge is -2.30. The van der Waals surface area contributed by atoms with Gasteiger partial charge in [0.25, 0.3) is 0 Å². The number of carbonyl (C=O) groups is 1. The zero-order valence-corrected chi connectivity index (χ0v) is 10.6. The number of likely N-dealkylation sites (tertiary alicyclic amines) is 1. The number of amides is 1. The van der Waals surface area contributed by atoms with Gasteiger partial charge in [-0.15, -0.1) is 0 Å². The quantitative estimate of drug-likeness (QED) is 0.820. The SMILES string of the molecule is CC(=O)N1CCC(c2cc3ccccc3[nH]2)CC1.